The molecule has 0 atom stereocenters. The first-order chi connectivity index (χ1) is 10.7. The summed E-state index contributed by atoms with van der Waals surface area (Å²) >= 11 is 1.57. The van der Waals surface area contributed by atoms with Crippen molar-refractivity contribution in [2.75, 3.05) is 17.6 Å². The summed E-state index contributed by atoms with van der Waals surface area (Å²) < 4.78 is 0. The lowest BCUT2D eigenvalue weighted by Gasteiger charge is -2.11. The number of hydrogen-bond acceptors (Lipinski definition) is 3. The Bertz CT molecular complexity index is 628. The fourth-order valence-corrected chi connectivity index (χ4v) is 2.93. The molecule has 2 rings (SSSR count). The highest BCUT2D eigenvalue weighted by Crippen LogP contribution is 2.22. The summed E-state index contributed by atoms with van der Waals surface area (Å²) in [5.41, 5.74) is 3.20. The van der Waals surface area contributed by atoms with Crippen molar-refractivity contribution < 1.29 is 4.79 Å². The van der Waals surface area contributed by atoms with Gasteiger partial charge < -0.3 is 10.6 Å². The molecule has 0 bridgehead atoms. The Morgan fingerprint density at radius 3 is 2.59 bits per heavy atom. The number of hydrogen-bond donors (Lipinski definition) is 2. The molecule has 0 unspecified atom stereocenters. The van der Waals surface area contributed by atoms with E-state index in [2.05, 4.69) is 30.5 Å². The zero-order valence-electron chi connectivity index (χ0n) is 13.1. The molecule has 0 aliphatic rings. The molecule has 2 aromatic rings. The molecule has 0 aliphatic heterocycles. The normalized spacial score (nSPS) is 10.5. The van der Waals surface area contributed by atoms with Crippen molar-refractivity contribution >= 4 is 23.4 Å². The van der Waals surface area contributed by atoms with Crippen molar-refractivity contribution in [2.45, 2.75) is 25.3 Å². The van der Waals surface area contributed by atoms with E-state index in [0.29, 0.717) is 5.75 Å². The second-order valence-electron chi connectivity index (χ2n) is 5.04. The molecular weight excluding hydrogens is 292 g/mol. The van der Waals surface area contributed by atoms with Crippen LogP contribution in [0, 0.1) is 6.92 Å². The Kier molecular flexibility index (Phi) is 6.49. The lowest BCUT2D eigenvalue weighted by atomic mass is 10.1. The van der Waals surface area contributed by atoms with Crippen LogP contribution in [0.15, 0.2) is 53.4 Å². The second-order valence-corrected chi connectivity index (χ2v) is 6.06. The van der Waals surface area contributed by atoms with E-state index in [1.165, 1.54) is 5.56 Å². The molecule has 116 valence electrons. The summed E-state index contributed by atoms with van der Waals surface area (Å²) in [5.74, 6) is 0.442. The maximum atomic E-state index is 12.2. The highest BCUT2D eigenvalue weighted by atomic mass is 32.2. The number of carbonyl (C=O) groups is 1. The summed E-state index contributed by atoms with van der Waals surface area (Å²) in [5, 5.41) is 6.30. The van der Waals surface area contributed by atoms with E-state index in [-0.39, 0.29) is 5.91 Å². The lowest BCUT2D eigenvalue weighted by Crippen LogP contribution is -2.18. The van der Waals surface area contributed by atoms with Crippen molar-refractivity contribution in [3.63, 3.8) is 0 Å². The van der Waals surface area contributed by atoms with Crippen molar-refractivity contribution in [1.29, 1.82) is 0 Å². The molecule has 0 aliphatic carbocycles. The molecule has 2 aromatic carbocycles. The number of nitrogens with one attached hydrogen (secondary N) is 2. The minimum absolute atomic E-state index is 0.0252. The molecule has 0 saturated heterocycles. The summed E-state index contributed by atoms with van der Waals surface area (Å²) in [6.45, 7) is 5.80. The fraction of sp³-hybridized carbons (Fsp3) is 0.278. The van der Waals surface area contributed by atoms with Crippen molar-refractivity contribution in [2.24, 2.45) is 0 Å². The van der Waals surface area contributed by atoms with E-state index >= 15 is 0 Å². The van der Waals surface area contributed by atoms with Crippen LogP contribution in [0.5, 0.6) is 0 Å². The number of thioether (sulfide) groups is 1. The van der Waals surface area contributed by atoms with Crippen LogP contribution in [0.3, 0.4) is 0 Å². The smallest absolute Gasteiger partial charge is 0.234 e. The average molecular weight is 314 g/mol. The van der Waals surface area contributed by atoms with Gasteiger partial charge in [0.05, 0.1) is 5.75 Å². The first-order valence-corrected chi connectivity index (χ1v) is 8.46. The quantitative estimate of drug-likeness (QED) is 0.763. The first kappa shape index (κ1) is 16.6. The lowest BCUT2D eigenvalue weighted by molar-refractivity contribution is -0.113. The van der Waals surface area contributed by atoms with E-state index in [0.717, 1.165) is 29.2 Å². The Morgan fingerprint density at radius 1 is 1.09 bits per heavy atom. The predicted octanol–water partition coefficient (Wildman–Crippen LogP) is 3.84. The Balaban J connectivity index is 1.93. The molecule has 22 heavy (non-hydrogen) atoms. The maximum absolute atomic E-state index is 12.2. The first-order valence-electron chi connectivity index (χ1n) is 7.47. The van der Waals surface area contributed by atoms with Gasteiger partial charge in [0.2, 0.25) is 5.91 Å². The zero-order valence-corrected chi connectivity index (χ0v) is 13.9. The monoisotopic (exact) mass is 314 g/mol. The minimum atomic E-state index is 0.0252. The van der Waals surface area contributed by atoms with Crippen molar-refractivity contribution in [3.05, 3.63) is 59.7 Å². The molecule has 0 saturated carbocycles. The summed E-state index contributed by atoms with van der Waals surface area (Å²) in [6.07, 6.45) is 0. The SMILES string of the molecule is CCNCc1ccccc1NC(=O)CSc1ccccc1C. The number of amides is 1. The van der Waals surface area contributed by atoms with Gasteiger partial charge in [0.15, 0.2) is 0 Å². The molecule has 4 heteroatoms. The minimum Gasteiger partial charge on any atom is -0.325 e. The van der Waals surface area contributed by atoms with Gasteiger partial charge in [0.25, 0.3) is 0 Å². The van der Waals surface area contributed by atoms with Gasteiger partial charge in [-0.15, -0.1) is 11.8 Å². The number of rotatable bonds is 7. The van der Waals surface area contributed by atoms with E-state index in [4.69, 9.17) is 0 Å². The largest absolute Gasteiger partial charge is 0.325 e. The van der Waals surface area contributed by atoms with Gasteiger partial charge in [-0.1, -0.05) is 43.3 Å². The maximum Gasteiger partial charge on any atom is 0.234 e. The van der Waals surface area contributed by atoms with Crippen LogP contribution in [-0.4, -0.2) is 18.2 Å². The Hall–Kier alpha value is -1.78. The number of carbonyl (C=O) groups excluding carboxylic acids is 1. The summed E-state index contributed by atoms with van der Waals surface area (Å²) in [4.78, 5) is 13.3. The van der Waals surface area contributed by atoms with E-state index in [1.807, 2.05) is 42.5 Å². The molecule has 0 radical (unpaired) electrons. The average Bonchev–Trinajstić information content (AvgIpc) is 2.53. The number of benzene rings is 2. The van der Waals surface area contributed by atoms with Gasteiger partial charge >= 0.3 is 0 Å². The summed E-state index contributed by atoms with van der Waals surface area (Å²) in [6, 6.07) is 16.0. The zero-order chi connectivity index (χ0) is 15.8. The summed E-state index contributed by atoms with van der Waals surface area (Å²) in [7, 11) is 0. The number of anilines is 1. The molecule has 2 N–H and O–H groups in total. The standard InChI is InChI=1S/C18H22N2OS/c1-3-19-12-15-9-5-6-10-16(15)20-18(21)13-22-17-11-7-4-8-14(17)2/h4-11,19H,3,12-13H2,1-2H3,(H,20,21). The van der Waals surface area contributed by atoms with E-state index in [1.54, 1.807) is 11.8 Å². The van der Waals surface area contributed by atoms with Gasteiger partial charge in [-0.05, 0) is 36.7 Å². The highest BCUT2D eigenvalue weighted by molar-refractivity contribution is 8.00. The topological polar surface area (TPSA) is 41.1 Å². The van der Waals surface area contributed by atoms with Gasteiger partial charge in [-0.2, -0.15) is 0 Å². The molecule has 0 fully saturated rings. The van der Waals surface area contributed by atoms with Crippen LogP contribution < -0.4 is 10.6 Å². The van der Waals surface area contributed by atoms with Gasteiger partial charge in [-0.3, -0.25) is 4.79 Å². The van der Waals surface area contributed by atoms with Gasteiger partial charge in [-0.25, -0.2) is 0 Å². The molecule has 0 aromatic heterocycles. The van der Waals surface area contributed by atoms with Crippen molar-refractivity contribution in [1.82, 2.24) is 5.32 Å². The third kappa shape index (κ3) is 4.90. The van der Waals surface area contributed by atoms with Crippen LogP contribution in [0.1, 0.15) is 18.1 Å². The number of aryl methyl sites for hydroxylation is 1. The van der Waals surface area contributed by atoms with Gasteiger partial charge in [0, 0.05) is 17.1 Å². The number of para-hydroxylation sites is 1. The molecular formula is C18H22N2OS. The Morgan fingerprint density at radius 2 is 1.82 bits per heavy atom. The molecule has 1 amide bonds. The Labute approximate surface area is 136 Å². The van der Waals surface area contributed by atoms with Crippen LogP contribution >= 0.6 is 11.8 Å². The van der Waals surface area contributed by atoms with Gasteiger partial charge in [0.1, 0.15) is 0 Å². The third-order valence-electron chi connectivity index (χ3n) is 3.31. The second kappa shape index (κ2) is 8.61. The van der Waals surface area contributed by atoms with Crippen LogP contribution in [-0.2, 0) is 11.3 Å². The predicted molar refractivity (Wildman–Crippen MR) is 94.4 cm³/mol. The van der Waals surface area contributed by atoms with Crippen molar-refractivity contribution in [3.8, 4) is 0 Å². The molecule has 3 nitrogen and oxygen atoms in total. The molecule has 0 spiro atoms. The molecule has 0 heterocycles. The fourth-order valence-electron chi connectivity index (χ4n) is 2.10. The van der Waals surface area contributed by atoms with Crippen LogP contribution in [0.2, 0.25) is 0 Å². The van der Waals surface area contributed by atoms with E-state index < -0.39 is 0 Å². The third-order valence-corrected chi connectivity index (χ3v) is 4.48. The van der Waals surface area contributed by atoms with Crippen LogP contribution in [0.25, 0.3) is 0 Å². The highest BCUT2D eigenvalue weighted by Gasteiger charge is 2.07. The van der Waals surface area contributed by atoms with E-state index in [9.17, 15) is 4.79 Å². The van der Waals surface area contributed by atoms with Crippen LogP contribution in [0.4, 0.5) is 5.69 Å².